The lowest BCUT2D eigenvalue weighted by Gasteiger charge is -2.14. The molecule has 0 radical (unpaired) electrons. The molecule has 27 heavy (non-hydrogen) atoms. The summed E-state index contributed by atoms with van der Waals surface area (Å²) in [6.07, 6.45) is 2.11. The molecule has 0 spiro atoms. The Bertz CT molecular complexity index is 1070. The highest BCUT2D eigenvalue weighted by Crippen LogP contribution is 2.23. The predicted molar refractivity (Wildman–Crippen MR) is 109 cm³/mol. The van der Waals surface area contributed by atoms with E-state index in [-0.39, 0.29) is 17.2 Å². The predicted octanol–water partition coefficient (Wildman–Crippen LogP) is 3.37. The normalized spacial score (nSPS) is 13.7. The number of aromatic nitrogens is 2. The molecule has 3 aromatic rings. The Hall–Kier alpha value is -2.60. The quantitative estimate of drug-likeness (QED) is 0.545. The lowest BCUT2D eigenvalue weighted by molar-refractivity contribution is -0.118. The summed E-state index contributed by atoms with van der Waals surface area (Å²) in [5.41, 5.74) is 3.46. The van der Waals surface area contributed by atoms with Crippen LogP contribution in [0.25, 0.3) is 16.6 Å². The van der Waals surface area contributed by atoms with Crippen LogP contribution in [0.4, 0.5) is 0 Å². The number of benzene rings is 2. The van der Waals surface area contributed by atoms with Crippen LogP contribution in [0, 0.1) is 13.8 Å². The van der Waals surface area contributed by atoms with E-state index in [4.69, 9.17) is 0 Å². The van der Waals surface area contributed by atoms with Gasteiger partial charge in [-0.15, -0.1) is 0 Å². The molecule has 6 heteroatoms. The topological polar surface area (TPSA) is 64.0 Å². The largest absolute Gasteiger partial charge is 0.353 e. The van der Waals surface area contributed by atoms with E-state index in [1.165, 1.54) is 11.8 Å². The van der Waals surface area contributed by atoms with Crippen molar-refractivity contribution in [2.24, 2.45) is 0 Å². The zero-order chi connectivity index (χ0) is 19.0. The number of nitrogens with zero attached hydrogens (tertiary/aromatic N) is 2. The zero-order valence-electron chi connectivity index (χ0n) is 15.4. The molecule has 0 atom stereocenters. The Morgan fingerprint density at radius 2 is 1.89 bits per heavy atom. The number of hydrogen-bond acceptors (Lipinski definition) is 4. The molecule has 1 fully saturated rings. The Balaban J connectivity index is 1.79. The van der Waals surface area contributed by atoms with Gasteiger partial charge < -0.3 is 5.32 Å². The number of rotatable bonds is 5. The van der Waals surface area contributed by atoms with E-state index in [2.05, 4.69) is 16.4 Å². The second-order valence-corrected chi connectivity index (χ2v) is 7.97. The number of aryl methyl sites for hydroxylation is 2. The van der Waals surface area contributed by atoms with E-state index in [0.29, 0.717) is 22.1 Å². The summed E-state index contributed by atoms with van der Waals surface area (Å²) >= 11 is 1.30. The van der Waals surface area contributed by atoms with Crippen molar-refractivity contribution < 1.29 is 4.79 Å². The van der Waals surface area contributed by atoms with E-state index >= 15 is 0 Å². The second-order valence-electron chi connectivity index (χ2n) is 7.03. The fourth-order valence-electron chi connectivity index (χ4n) is 3.14. The van der Waals surface area contributed by atoms with Gasteiger partial charge in [-0.3, -0.25) is 14.2 Å². The maximum absolute atomic E-state index is 13.2. The molecule has 4 rings (SSSR count). The number of para-hydroxylation sites is 1. The van der Waals surface area contributed by atoms with Crippen LogP contribution in [0.1, 0.15) is 24.0 Å². The number of amides is 1. The van der Waals surface area contributed by atoms with Gasteiger partial charge in [0, 0.05) is 6.04 Å². The molecule has 1 aliphatic rings. The highest BCUT2D eigenvalue weighted by Gasteiger charge is 2.23. The summed E-state index contributed by atoms with van der Waals surface area (Å²) in [6.45, 7) is 4.01. The fraction of sp³-hybridized carbons (Fsp3) is 0.286. The molecule has 1 amide bonds. The lowest BCUT2D eigenvalue weighted by Crippen LogP contribution is -2.28. The van der Waals surface area contributed by atoms with Crippen molar-refractivity contribution >= 4 is 28.6 Å². The van der Waals surface area contributed by atoms with Gasteiger partial charge in [0.2, 0.25) is 5.91 Å². The average Bonchev–Trinajstić information content (AvgIpc) is 3.43. The SMILES string of the molecule is Cc1cc(C)cc(-n2c(SCC(=O)NC3CC3)nc3ccccc3c2=O)c1. The van der Waals surface area contributed by atoms with Gasteiger partial charge in [-0.25, -0.2) is 4.98 Å². The van der Waals surface area contributed by atoms with Crippen LogP contribution in [-0.4, -0.2) is 27.3 Å². The lowest BCUT2D eigenvalue weighted by atomic mass is 10.1. The number of fused-ring (bicyclic) bond motifs is 1. The first-order valence-electron chi connectivity index (χ1n) is 9.04. The summed E-state index contributed by atoms with van der Waals surface area (Å²) in [7, 11) is 0. The maximum atomic E-state index is 13.2. The first-order chi connectivity index (χ1) is 13.0. The molecule has 0 aliphatic heterocycles. The Labute approximate surface area is 161 Å². The van der Waals surface area contributed by atoms with Crippen LogP contribution in [0.5, 0.6) is 0 Å². The van der Waals surface area contributed by atoms with Gasteiger partial charge in [-0.2, -0.15) is 0 Å². The smallest absolute Gasteiger partial charge is 0.266 e. The van der Waals surface area contributed by atoms with Crippen molar-refractivity contribution in [3.63, 3.8) is 0 Å². The van der Waals surface area contributed by atoms with Crippen molar-refractivity contribution in [2.75, 3.05) is 5.75 Å². The molecular weight excluding hydrogens is 358 g/mol. The fourth-order valence-corrected chi connectivity index (χ4v) is 3.97. The maximum Gasteiger partial charge on any atom is 0.266 e. The van der Waals surface area contributed by atoms with Gasteiger partial charge in [-0.1, -0.05) is 30.0 Å². The van der Waals surface area contributed by atoms with Gasteiger partial charge in [0.15, 0.2) is 5.16 Å². The zero-order valence-corrected chi connectivity index (χ0v) is 16.2. The van der Waals surface area contributed by atoms with Crippen molar-refractivity contribution in [1.29, 1.82) is 0 Å². The van der Waals surface area contributed by atoms with Gasteiger partial charge >= 0.3 is 0 Å². The van der Waals surface area contributed by atoms with E-state index < -0.39 is 0 Å². The molecule has 1 N–H and O–H groups in total. The third kappa shape index (κ3) is 3.90. The van der Waals surface area contributed by atoms with Crippen LogP contribution in [0.2, 0.25) is 0 Å². The molecule has 1 aromatic heterocycles. The molecular formula is C21H21N3O2S. The molecule has 1 aliphatic carbocycles. The van der Waals surface area contributed by atoms with Gasteiger partial charge in [0.1, 0.15) is 0 Å². The van der Waals surface area contributed by atoms with Gasteiger partial charge in [-0.05, 0) is 62.1 Å². The standard InChI is InChI=1S/C21H21N3O2S/c1-13-9-14(2)11-16(10-13)24-20(26)17-5-3-4-6-18(17)23-21(24)27-12-19(25)22-15-7-8-15/h3-6,9-11,15H,7-8,12H2,1-2H3,(H,22,25). The number of carbonyl (C=O) groups excluding carboxylic acids is 1. The van der Waals surface area contributed by atoms with E-state index in [1.54, 1.807) is 10.6 Å². The van der Waals surface area contributed by atoms with Gasteiger partial charge in [0.25, 0.3) is 5.56 Å². The van der Waals surface area contributed by atoms with Gasteiger partial charge in [0.05, 0.1) is 22.3 Å². The first kappa shape index (κ1) is 17.8. The number of thioether (sulfide) groups is 1. The number of nitrogens with one attached hydrogen (secondary N) is 1. The Kier molecular flexibility index (Phi) is 4.74. The molecule has 0 saturated heterocycles. The molecule has 1 saturated carbocycles. The highest BCUT2D eigenvalue weighted by atomic mass is 32.2. The summed E-state index contributed by atoms with van der Waals surface area (Å²) < 4.78 is 1.62. The third-order valence-electron chi connectivity index (χ3n) is 4.48. The van der Waals surface area contributed by atoms with Crippen LogP contribution >= 0.6 is 11.8 Å². The summed E-state index contributed by atoms with van der Waals surface area (Å²) in [4.78, 5) is 30.0. The minimum atomic E-state index is -0.115. The molecule has 138 valence electrons. The first-order valence-corrected chi connectivity index (χ1v) is 10.0. The monoisotopic (exact) mass is 379 g/mol. The molecule has 1 heterocycles. The minimum Gasteiger partial charge on any atom is -0.353 e. The summed E-state index contributed by atoms with van der Waals surface area (Å²) in [5.74, 6) is 0.225. The molecule has 5 nitrogen and oxygen atoms in total. The van der Waals surface area contributed by atoms with Crippen LogP contribution in [-0.2, 0) is 4.79 Å². The van der Waals surface area contributed by atoms with Crippen molar-refractivity contribution in [2.45, 2.75) is 37.9 Å². The van der Waals surface area contributed by atoms with Crippen molar-refractivity contribution in [3.8, 4) is 5.69 Å². The van der Waals surface area contributed by atoms with Crippen LogP contribution < -0.4 is 10.9 Å². The second kappa shape index (κ2) is 7.19. The number of hydrogen-bond donors (Lipinski definition) is 1. The third-order valence-corrected chi connectivity index (χ3v) is 5.42. The summed E-state index contributed by atoms with van der Waals surface area (Å²) in [6, 6.07) is 13.7. The van der Waals surface area contributed by atoms with E-state index in [1.807, 2.05) is 44.2 Å². The molecule has 0 bridgehead atoms. The van der Waals surface area contributed by atoms with Crippen LogP contribution in [0.3, 0.4) is 0 Å². The summed E-state index contributed by atoms with van der Waals surface area (Å²) in [5, 5.41) is 4.09. The molecule has 2 aromatic carbocycles. The highest BCUT2D eigenvalue weighted by molar-refractivity contribution is 7.99. The Morgan fingerprint density at radius 3 is 2.59 bits per heavy atom. The van der Waals surface area contributed by atoms with E-state index in [0.717, 1.165) is 29.7 Å². The van der Waals surface area contributed by atoms with Crippen molar-refractivity contribution in [1.82, 2.24) is 14.9 Å². The van der Waals surface area contributed by atoms with E-state index in [9.17, 15) is 9.59 Å². The van der Waals surface area contributed by atoms with Crippen LogP contribution in [0.15, 0.2) is 52.4 Å². The van der Waals surface area contributed by atoms with Crippen molar-refractivity contribution in [3.05, 3.63) is 63.9 Å². The Morgan fingerprint density at radius 1 is 1.19 bits per heavy atom. The average molecular weight is 379 g/mol. The molecule has 0 unspecified atom stereocenters. The minimum absolute atomic E-state index is 0.0168. The number of carbonyl (C=O) groups is 1.